The minimum Gasteiger partial charge on any atom is -0.490 e. The van der Waals surface area contributed by atoms with Gasteiger partial charge >= 0.3 is 5.69 Å². The number of benzene rings is 1. The number of ether oxygens (including phenoxy) is 2. The molecule has 0 aliphatic carbocycles. The number of hydrazone groups is 1. The van der Waals surface area contributed by atoms with Crippen LogP contribution in [0.25, 0.3) is 0 Å². The Balaban J connectivity index is 1.92. The fraction of sp³-hybridized carbons (Fsp3) is 0.312. The van der Waals surface area contributed by atoms with Gasteiger partial charge in [-0.15, -0.1) is 5.10 Å². The predicted molar refractivity (Wildman–Crippen MR) is 98.5 cm³/mol. The van der Waals surface area contributed by atoms with Crippen molar-refractivity contribution in [1.29, 1.82) is 0 Å². The molecular weight excluding hydrogens is 356 g/mol. The maximum atomic E-state index is 11.7. The molecule has 11 nitrogen and oxygen atoms in total. The summed E-state index contributed by atoms with van der Waals surface area (Å²) in [6.07, 6.45) is 1.45. The number of amides is 1. The van der Waals surface area contributed by atoms with E-state index >= 15 is 0 Å². The van der Waals surface area contributed by atoms with Crippen molar-refractivity contribution in [2.45, 2.75) is 13.8 Å². The predicted octanol–water partition coefficient (Wildman–Crippen LogP) is -0.182. The van der Waals surface area contributed by atoms with E-state index < -0.39 is 17.2 Å². The van der Waals surface area contributed by atoms with Gasteiger partial charge in [-0.3, -0.25) is 14.6 Å². The highest BCUT2D eigenvalue weighted by molar-refractivity contribution is 5.84. The van der Waals surface area contributed by atoms with Crippen LogP contribution >= 0.6 is 0 Å². The molecule has 0 aliphatic heterocycles. The van der Waals surface area contributed by atoms with Gasteiger partial charge in [0.15, 0.2) is 11.5 Å². The van der Waals surface area contributed by atoms with Gasteiger partial charge in [0.25, 0.3) is 11.5 Å². The minimum atomic E-state index is -0.735. The number of carbonyl (C=O) groups excluding carboxylic acids is 1. The zero-order chi connectivity index (χ0) is 19.6. The van der Waals surface area contributed by atoms with E-state index in [0.717, 1.165) is 0 Å². The van der Waals surface area contributed by atoms with Crippen LogP contribution in [-0.2, 0) is 4.79 Å². The van der Waals surface area contributed by atoms with Crippen LogP contribution in [0.3, 0.4) is 0 Å². The molecule has 0 fully saturated rings. The molecule has 4 N–H and O–H groups in total. The van der Waals surface area contributed by atoms with Crippen LogP contribution < -0.4 is 31.5 Å². The van der Waals surface area contributed by atoms with Crippen molar-refractivity contribution < 1.29 is 14.3 Å². The van der Waals surface area contributed by atoms with Crippen molar-refractivity contribution in [3.8, 4) is 11.5 Å². The van der Waals surface area contributed by atoms with Gasteiger partial charge in [0.05, 0.1) is 26.0 Å². The lowest BCUT2D eigenvalue weighted by Gasteiger charge is -2.11. The maximum absolute atomic E-state index is 11.7. The fourth-order valence-electron chi connectivity index (χ4n) is 2.00. The molecule has 27 heavy (non-hydrogen) atoms. The first-order chi connectivity index (χ1) is 13.0. The average molecular weight is 376 g/mol. The summed E-state index contributed by atoms with van der Waals surface area (Å²) in [4.78, 5) is 36.0. The van der Waals surface area contributed by atoms with Crippen molar-refractivity contribution in [2.75, 3.05) is 25.1 Å². The quantitative estimate of drug-likeness (QED) is 0.350. The Labute approximate surface area is 153 Å². The lowest BCUT2D eigenvalue weighted by atomic mass is 10.2. The number of nitrogens with zero attached hydrogens (tertiary/aromatic N) is 2. The molecule has 0 radical (unpaired) electrons. The smallest absolute Gasteiger partial charge is 0.342 e. The number of aromatic amines is 2. The third-order valence-electron chi connectivity index (χ3n) is 3.10. The first-order valence-electron chi connectivity index (χ1n) is 8.18. The fourth-order valence-corrected chi connectivity index (χ4v) is 2.00. The van der Waals surface area contributed by atoms with Crippen LogP contribution in [0, 0.1) is 0 Å². The molecule has 2 aromatic rings. The molecule has 0 atom stereocenters. The molecule has 1 heterocycles. The number of hydrogen-bond acceptors (Lipinski definition) is 8. The third kappa shape index (κ3) is 5.99. The molecule has 144 valence electrons. The summed E-state index contributed by atoms with van der Waals surface area (Å²) in [5, 5.41) is 11.9. The van der Waals surface area contributed by atoms with Gasteiger partial charge < -0.3 is 14.8 Å². The van der Waals surface area contributed by atoms with E-state index in [0.29, 0.717) is 30.3 Å². The second-order valence-electron chi connectivity index (χ2n) is 5.07. The number of anilines is 1. The Hall–Kier alpha value is -3.63. The Bertz CT molecular complexity index is 920. The van der Waals surface area contributed by atoms with Crippen LogP contribution in [0.4, 0.5) is 5.82 Å². The Morgan fingerprint density at radius 1 is 1.22 bits per heavy atom. The molecule has 2 rings (SSSR count). The molecule has 0 spiro atoms. The monoisotopic (exact) mass is 376 g/mol. The van der Waals surface area contributed by atoms with Crippen LogP contribution in [0.2, 0.25) is 0 Å². The molecule has 0 saturated carbocycles. The van der Waals surface area contributed by atoms with E-state index in [-0.39, 0.29) is 12.4 Å². The van der Waals surface area contributed by atoms with Crippen LogP contribution in [0.5, 0.6) is 11.5 Å². The zero-order valence-corrected chi connectivity index (χ0v) is 14.9. The Morgan fingerprint density at radius 3 is 2.67 bits per heavy atom. The molecule has 0 saturated heterocycles. The molecule has 1 aromatic heterocycles. The first kappa shape index (κ1) is 19.7. The molecule has 0 unspecified atom stereocenters. The van der Waals surface area contributed by atoms with Gasteiger partial charge in [0.2, 0.25) is 5.82 Å². The third-order valence-corrected chi connectivity index (χ3v) is 3.10. The molecular formula is C16H20N6O5. The van der Waals surface area contributed by atoms with E-state index in [1.807, 2.05) is 18.8 Å². The van der Waals surface area contributed by atoms with Gasteiger partial charge in [-0.05, 0) is 37.6 Å². The minimum absolute atomic E-state index is 0.179. The average Bonchev–Trinajstić information content (AvgIpc) is 2.63. The van der Waals surface area contributed by atoms with Gasteiger partial charge in [-0.2, -0.15) is 5.10 Å². The highest BCUT2D eigenvalue weighted by atomic mass is 16.5. The molecule has 0 aliphatic rings. The SMILES string of the molecule is CCOc1ccc(/C=N/NC(=O)CNc2n[nH]c(=O)[nH]c2=O)cc1OCC. The summed E-state index contributed by atoms with van der Waals surface area (Å²) >= 11 is 0. The highest BCUT2D eigenvalue weighted by Gasteiger charge is 2.06. The highest BCUT2D eigenvalue weighted by Crippen LogP contribution is 2.27. The van der Waals surface area contributed by atoms with E-state index in [1.54, 1.807) is 18.2 Å². The van der Waals surface area contributed by atoms with Gasteiger partial charge in [-0.1, -0.05) is 0 Å². The van der Waals surface area contributed by atoms with E-state index in [1.165, 1.54) is 6.21 Å². The zero-order valence-electron chi connectivity index (χ0n) is 14.9. The standard InChI is InChI=1S/C16H20N6O5/c1-3-26-11-6-5-10(7-12(11)27-4-2)8-18-20-13(23)9-17-14-15(24)19-16(25)22-21-14/h5-8H,3-4,9H2,1-2H3,(H,17,21)(H,20,23)(H2,19,22,24,25)/b18-8+. The van der Waals surface area contributed by atoms with Crippen molar-refractivity contribution in [2.24, 2.45) is 5.10 Å². The van der Waals surface area contributed by atoms with Crippen molar-refractivity contribution in [3.63, 3.8) is 0 Å². The first-order valence-corrected chi connectivity index (χ1v) is 8.18. The van der Waals surface area contributed by atoms with Crippen LogP contribution in [0.15, 0.2) is 32.9 Å². The number of hydrogen-bond donors (Lipinski definition) is 4. The van der Waals surface area contributed by atoms with E-state index in [4.69, 9.17) is 9.47 Å². The van der Waals surface area contributed by atoms with Crippen LogP contribution in [0.1, 0.15) is 19.4 Å². The number of rotatable bonds is 9. The van der Waals surface area contributed by atoms with Crippen molar-refractivity contribution in [3.05, 3.63) is 44.6 Å². The number of nitrogens with one attached hydrogen (secondary N) is 4. The maximum Gasteiger partial charge on any atom is 0.342 e. The Kier molecular flexibility index (Phi) is 7.11. The summed E-state index contributed by atoms with van der Waals surface area (Å²) in [5.41, 5.74) is 1.55. The number of carbonyl (C=O) groups is 1. The normalized spacial score (nSPS) is 10.6. The molecule has 1 amide bonds. The second-order valence-corrected chi connectivity index (χ2v) is 5.07. The largest absolute Gasteiger partial charge is 0.490 e. The summed E-state index contributed by atoms with van der Waals surface area (Å²) in [6.45, 7) is 4.49. The van der Waals surface area contributed by atoms with Gasteiger partial charge in [-0.25, -0.2) is 15.3 Å². The van der Waals surface area contributed by atoms with Gasteiger partial charge in [0.1, 0.15) is 0 Å². The van der Waals surface area contributed by atoms with Crippen LogP contribution in [-0.4, -0.2) is 47.1 Å². The summed E-state index contributed by atoms with van der Waals surface area (Å²) in [5.74, 6) is 0.527. The summed E-state index contributed by atoms with van der Waals surface area (Å²) < 4.78 is 11.0. The van der Waals surface area contributed by atoms with Gasteiger partial charge in [0, 0.05) is 0 Å². The van der Waals surface area contributed by atoms with E-state index in [9.17, 15) is 14.4 Å². The molecule has 11 heteroatoms. The lowest BCUT2D eigenvalue weighted by Crippen LogP contribution is -2.31. The number of aromatic nitrogens is 3. The Morgan fingerprint density at radius 2 is 1.96 bits per heavy atom. The topological polar surface area (TPSA) is 151 Å². The van der Waals surface area contributed by atoms with Crippen molar-refractivity contribution in [1.82, 2.24) is 20.6 Å². The summed E-state index contributed by atoms with van der Waals surface area (Å²) in [6, 6.07) is 5.27. The van der Waals surface area contributed by atoms with Crippen molar-refractivity contribution >= 4 is 17.9 Å². The molecule has 1 aromatic carbocycles. The lowest BCUT2D eigenvalue weighted by molar-refractivity contribution is -0.119. The van der Waals surface area contributed by atoms with E-state index in [2.05, 4.69) is 26.0 Å². The second kappa shape index (κ2) is 9.75. The molecule has 0 bridgehead atoms. The summed E-state index contributed by atoms with van der Waals surface area (Å²) in [7, 11) is 0. The number of H-pyrrole nitrogens is 2.